The Labute approximate surface area is 149 Å². The quantitative estimate of drug-likeness (QED) is 0.838. The minimum absolute atomic E-state index is 0.237. The number of carbonyl (C=O) groups is 1. The third-order valence-electron chi connectivity index (χ3n) is 5.74. The van der Waals surface area contributed by atoms with E-state index < -0.39 is 0 Å². The first kappa shape index (κ1) is 16.6. The van der Waals surface area contributed by atoms with Crippen LogP contribution in [0.1, 0.15) is 44.9 Å². The van der Waals surface area contributed by atoms with Crippen molar-refractivity contribution in [2.75, 3.05) is 19.6 Å². The molecule has 3 heterocycles. The van der Waals surface area contributed by atoms with Gasteiger partial charge in [-0.3, -0.25) is 9.69 Å². The van der Waals surface area contributed by atoms with Crippen LogP contribution in [0.15, 0.2) is 28.7 Å². The molecule has 1 amide bonds. The van der Waals surface area contributed by atoms with Crippen molar-refractivity contribution in [1.82, 2.24) is 14.8 Å². The van der Waals surface area contributed by atoms with Gasteiger partial charge in [-0.15, -0.1) is 0 Å². The number of amides is 1. The number of benzene rings is 1. The van der Waals surface area contributed by atoms with E-state index in [0.29, 0.717) is 12.1 Å². The number of hydrogen-bond donors (Lipinski definition) is 0. The highest BCUT2D eigenvalue weighted by Gasteiger charge is 2.38. The fraction of sp³-hybridized carbons (Fsp3) is 0.600. The standard InChI is InChI=1S/C20H27N3O2/c1-15(24)23-14-5-9-18(23)17-8-4-12-22(17)13-6-11-20-21-16-7-2-3-10-19(16)25-20/h2-3,7,10,17-18H,4-6,8-9,11-14H2,1H3/t17-,18+/m0/s1. The van der Waals surface area contributed by atoms with E-state index >= 15 is 0 Å². The van der Waals surface area contributed by atoms with Crippen LogP contribution >= 0.6 is 0 Å². The van der Waals surface area contributed by atoms with Crippen LogP contribution < -0.4 is 0 Å². The van der Waals surface area contributed by atoms with Crippen LogP contribution in [-0.4, -0.2) is 52.4 Å². The highest BCUT2D eigenvalue weighted by Crippen LogP contribution is 2.30. The average molecular weight is 341 g/mol. The van der Waals surface area contributed by atoms with Crippen LogP contribution in [0.4, 0.5) is 0 Å². The van der Waals surface area contributed by atoms with E-state index in [9.17, 15) is 4.79 Å². The van der Waals surface area contributed by atoms with Crippen molar-refractivity contribution in [2.45, 2.75) is 57.5 Å². The van der Waals surface area contributed by atoms with Crippen LogP contribution in [0, 0.1) is 0 Å². The Hall–Kier alpha value is -1.88. The zero-order chi connectivity index (χ0) is 17.2. The van der Waals surface area contributed by atoms with Crippen molar-refractivity contribution in [2.24, 2.45) is 0 Å². The zero-order valence-electron chi connectivity index (χ0n) is 15.0. The number of aryl methyl sites for hydroxylation is 1. The SMILES string of the molecule is CC(=O)N1CCC[C@@H]1[C@@H]1CCCN1CCCc1nc2ccccc2o1. The second kappa shape index (κ2) is 7.16. The molecule has 5 nitrogen and oxygen atoms in total. The minimum atomic E-state index is 0.237. The summed E-state index contributed by atoms with van der Waals surface area (Å²) in [6, 6.07) is 8.90. The molecule has 5 heteroatoms. The van der Waals surface area contributed by atoms with Crippen LogP contribution in [0.3, 0.4) is 0 Å². The van der Waals surface area contributed by atoms with Gasteiger partial charge in [-0.1, -0.05) is 12.1 Å². The molecule has 134 valence electrons. The van der Waals surface area contributed by atoms with E-state index in [2.05, 4.69) is 14.8 Å². The molecule has 2 aliphatic rings. The Morgan fingerprint density at radius 3 is 2.84 bits per heavy atom. The second-order valence-electron chi connectivity index (χ2n) is 7.35. The summed E-state index contributed by atoms with van der Waals surface area (Å²) in [6.45, 7) is 4.87. The molecule has 4 rings (SSSR count). The van der Waals surface area contributed by atoms with Gasteiger partial charge in [0, 0.05) is 32.0 Å². The number of oxazole rings is 1. The molecule has 2 fully saturated rings. The average Bonchev–Trinajstić information content (AvgIpc) is 3.33. The minimum Gasteiger partial charge on any atom is -0.441 e. The zero-order valence-corrected chi connectivity index (χ0v) is 15.0. The molecule has 25 heavy (non-hydrogen) atoms. The summed E-state index contributed by atoms with van der Waals surface area (Å²) in [4.78, 5) is 21.2. The summed E-state index contributed by atoms with van der Waals surface area (Å²) >= 11 is 0. The van der Waals surface area contributed by atoms with Crippen LogP contribution in [0.2, 0.25) is 0 Å². The molecule has 0 bridgehead atoms. The predicted octanol–water partition coefficient (Wildman–Crippen LogP) is 3.24. The van der Waals surface area contributed by atoms with Gasteiger partial charge in [0.15, 0.2) is 11.5 Å². The van der Waals surface area contributed by atoms with E-state index in [-0.39, 0.29) is 5.91 Å². The van der Waals surface area contributed by atoms with Crippen molar-refractivity contribution in [3.8, 4) is 0 Å². The van der Waals surface area contributed by atoms with Crippen LogP contribution in [0.5, 0.6) is 0 Å². The first-order valence-electron chi connectivity index (χ1n) is 9.58. The van der Waals surface area contributed by atoms with Crippen molar-refractivity contribution in [1.29, 1.82) is 0 Å². The molecule has 2 atom stereocenters. The lowest BCUT2D eigenvalue weighted by Gasteiger charge is -2.34. The maximum absolute atomic E-state index is 11.9. The topological polar surface area (TPSA) is 49.6 Å². The van der Waals surface area contributed by atoms with Gasteiger partial charge in [0.05, 0.1) is 0 Å². The Bertz CT molecular complexity index is 708. The van der Waals surface area contributed by atoms with E-state index in [1.165, 1.54) is 12.8 Å². The molecule has 0 aliphatic carbocycles. The van der Waals surface area contributed by atoms with E-state index in [0.717, 1.165) is 62.3 Å². The Morgan fingerprint density at radius 1 is 1.20 bits per heavy atom. The van der Waals surface area contributed by atoms with E-state index in [1.807, 2.05) is 24.3 Å². The molecule has 0 unspecified atom stereocenters. The number of aromatic nitrogens is 1. The van der Waals surface area contributed by atoms with Gasteiger partial charge in [-0.2, -0.15) is 0 Å². The molecule has 2 aromatic rings. The fourth-order valence-electron chi connectivity index (χ4n) is 4.61. The highest BCUT2D eigenvalue weighted by molar-refractivity contribution is 5.74. The molecule has 0 radical (unpaired) electrons. The molecule has 1 aromatic carbocycles. The Kier molecular flexibility index (Phi) is 4.75. The van der Waals surface area contributed by atoms with Gasteiger partial charge >= 0.3 is 0 Å². The first-order valence-corrected chi connectivity index (χ1v) is 9.58. The molecule has 2 saturated heterocycles. The molecular weight excluding hydrogens is 314 g/mol. The summed E-state index contributed by atoms with van der Waals surface area (Å²) in [5, 5.41) is 0. The third kappa shape index (κ3) is 3.43. The lowest BCUT2D eigenvalue weighted by Crippen LogP contribution is -2.47. The van der Waals surface area contributed by atoms with E-state index in [1.54, 1.807) is 6.92 Å². The van der Waals surface area contributed by atoms with Crippen LogP contribution in [-0.2, 0) is 11.2 Å². The summed E-state index contributed by atoms with van der Waals surface area (Å²) in [7, 11) is 0. The lowest BCUT2D eigenvalue weighted by atomic mass is 10.0. The largest absolute Gasteiger partial charge is 0.441 e. The number of hydrogen-bond acceptors (Lipinski definition) is 4. The molecule has 2 aliphatic heterocycles. The summed E-state index contributed by atoms with van der Waals surface area (Å²) in [6.07, 6.45) is 6.70. The van der Waals surface area contributed by atoms with Gasteiger partial charge in [0.2, 0.25) is 5.91 Å². The molecule has 0 N–H and O–H groups in total. The van der Waals surface area contributed by atoms with Crippen molar-refractivity contribution in [3.05, 3.63) is 30.2 Å². The van der Waals surface area contributed by atoms with E-state index in [4.69, 9.17) is 4.42 Å². The number of nitrogens with zero attached hydrogens (tertiary/aromatic N) is 3. The monoisotopic (exact) mass is 341 g/mol. The van der Waals surface area contributed by atoms with Crippen molar-refractivity contribution >= 4 is 17.0 Å². The fourth-order valence-corrected chi connectivity index (χ4v) is 4.61. The van der Waals surface area contributed by atoms with Crippen molar-refractivity contribution in [3.63, 3.8) is 0 Å². The third-order valence-corrected chi connectivity index (χ3v) is 5.74. The maximum atomic E-state index is 11.9. The normalized spacial score (nSPS) is 24.4. The molecule has 0 spiro atoms. The summed E-state index contributed by atoms with van der Waals surface area (Å²) in [5.41, 5.74) is 1.82. The maximum Gasteiger partial charge on any atom is 0.219 e. The van der Waals surface area contributed by atoms with Gasteiger partial charge in [-0.25, -0.2) is 4.98 Å². The van der Waals surface area contributed by atoms with Gasteiger partial charge < -0.3 is 9.32 Å². The Morgan fingerprint density at radius 2 is 2.00 bits per heavy atom. The first-order chi connectivity index (χ1) is 12.2. The summed E-state index contributed by atoms with van der Waals surface area (Å²) in [5.74, 6) is 1.07. The lowest BCUT2D eigenvalue weighted by molar-refractivity contribution is -0.130. The Balaban J connectivity index is 1.34. The molecule has 1 aromatic heterocycles. The number of likely N-dealkylation sites (tertiary alicyclic amines) is 2. The molecule has 0 saturated carbocycles. The smallest absolute Gasteiger partial charge is 0.219 e. The summed E-state index contributed by atoms with van der Waals surface area (Å²) < 4.78 is 5.83. The highest BCUT2D eigenvalue weighted by atomic mass is 16.3. The van der Waals surface area contributed by atoms with Gasteiger partial charge in [0.1, 0.15) is 5.52 Å². The number of para-hydroxylation sites is 2. The van der Waals surface area contributed by atoms with Crippen molar-refractivity contribution < 1.29 is 9.21 Å². The van der Waals surface area contributed by atoms with Gasteiger partial charge in [0.25, 0.3) is 0 Å². The molecular formula is C20H27N3O2. The van der Waals surface area contributed by atoms with Gasteiger partial charge in [-0.05, 0) is 57.3 Å². The second-order valence-corrected chi connectivity index (χ2v) is 7.35. The number of carbonyl (C=O) groups excluding carboxylic acids is 1. The predicted molar refractivity (Wildman–Crippen MR) is 97.3 cm³/mol. The number of fused-ring (bicyclic) bond motifs is 1. The van der Waals surface area contributed by atoms with Crippen LogP contribution in [0.25, 0.3) is 11.1 Å². The number of rotatable bonds is 5.